The largest absolute Gasteiger partial charge is 0.393 e. The van der Waals surface area contributed by atoms with Crippen LogP contribution >= 0.6 is 35.6 Å². The molecule has 0 aromatic heterocycles. The van der Waals surface area contributed by atoms with Crippen LogP contribution in [0, 0.1) is 0 Å². The first-order valence-electron chi connectivity index (χ1n) is 8.67. The van der Waals surface area contributed by atoms with Crippen LogP contribution in [0.3, 0.4) is 0 Å². The van der Waals surface area contributed by atoms with Crippen LogP contribution in [0.1, 0.15) is 31.2 Å². The van der Waals surface area contributed by atoms with Crippen LogP contribution < -0.4 is 0 Å². The molecular weight excluding hydrogens is 383 g/mol. The minimum Gasteiger partial charge on any atom is -0.393 e. The number of hydrogen-bond donors (Lipinski definition) is 1. The predicted octanol–water partition coefficient (Wildman–Crippen LogP) is 3.41. The normalized spacial score (nSPS) is 24.2. The fourth-order valence-electron chi connectivity index (χ4n) is 3.72. The van der Waals surface area contributed by atoms with Crippen LogP contribution in [0.5, 0.6) is 0 Å². The molecule has 140 valence electrons. The zero-order valence-electron chi connectivity index (χ0n) is 14.2. The van der Waals surface area contributed by atoms with E-state index in [9.17, 15) is 9.90 Å². The highest BCUT2D eigenvalue weighted by molar-refractivity contribution is 6.42. The van der Waals surface area contributed by atoms with Gasteiger partial charge in [0.15, 0.2) is 0 Å². The Morgan fingerprint density at radius 2 is 1.88 bits per heavy atom. The zero-order valence-corrected chi connectivity index (χ0v) is 16.5. The van der Waals surface area contributed by atoms with E-state index in [2.05, 4.69) is 4.90 Å². The highest BCUT2D eigenvalue weighted by Gasteiger charge is 2.32. The minimum absolute atomic E-state index is 0. The van der Waals surface area contributed by atoms with Gasteiger partial charge < -0.3 is 14.9 Å². The Bertz CT molecular complexity index is 594. The number of carbonyl (C=O) groups excluding carboxylic acids is 1. The molecule has 1 amide bonds. The minimum atomic E-state index is -0.299. The third kappa shape index (κ3) is 5.48. The topological polar surface area (TPSA) is 43.8 Å². The van der Waals surface area contributed by atoms with Crippen LogP contribution in [0.25, 0.3) is 0 Å². The van der Waals surface area contributed by atoms with Crippen LogP contribution in [-0.4, -0.2) is 59.1 Å². The molecule has 2 atom stereocenters. The van der Waals surface area contributed by atoms with Gasteiger partial charge in [0.25, 0.3) is 0 Å². The van der Waals surface area contributed by atoms with Crippen molar-refractivity contribution in [1.29, 1.82) is 0 Å². The molecule has 1 N–H and O–H groups in total. The number of piperidine rings is 1. The van der Waals surface area contributed by atoms with Crippen molar-refractivity contribution in [1.82, 2.24) is 9.80 Å². The molecule has 0 spiro atoms. The number of halogens is 3. The maximum Gasteiger partial charge on any atom is 0.227 e. The van der Waals surface area contributed by atoms with Gasteiger partial charge >= 0.3 is 0 Å². The van der Waals surface area contributed by atoms with Crippen molar-refractivity contribution in [2.24, 2.45) is 0 Å². The number of rotatable bonds is 4. The van der Waals surface area contributed by atoms with Crippen molar-refractivity contribution < 1.29 is 9.90 Å². The Balaban J connectivity index is 0.00000225. The third-order valence-corrected chi connectivity index (χ3v) is 5.75. The summed E-state index contributed by atoms with van der Waals surface area (Å²) in [5.74, 6) is 0.101. The van der Waals surface area contributed by atoms with E-state index in [4.69, 9.17) is 23.2 Å². The van der Waals surface area contributed by atoms with Crippen molar-refractivity contribution in [2.45, 2.75) is 44.2 Å². The van der Waals surface area contributed by atoms with Crippen molar-refractivity contribution in [3.63, 3.8) is 0 Å². The first kappa shape index (κ1) is 20.8. The monoisotopic (exact) mass is 406 g/mol. The molecule has 1 aromatic rings. The van der Waals surface area contributed by atoms with E-state index < -0.39 is 0 Å². The number of nitrogens with zero attached hydrogens (tertiary/aromatic N) is 2. The summed E-state index contributed by atoms with van der Waals surface area (Å²) < 4.78 is 0. The fraction of sp³-hybridized carbons (Fsp3) is 0.611. The van der Waals surface area contributed by atoms with E-state index in [1.165, 1.54) is 12.8 Å². The third-order valence-electron chi connectivity index (χ3n) is 5.02. The summed E-state index contributed by atoms with van der Waals surface area (Å²) in [4.78, 5) is 17.2. The molecule has 4 nitrogen and oxygen atoms in total. The van der Waals surface area contributed by atoms with Gasteiger partial charge in [0, 0.05) is 19.1 Å². The van der Waals surface area contributed by atoms with Crippen LogP contribution in [0.4, 0.5) is 0 Å². The Morgan fingerprint density at radius 1 is 1.16 bits per heavy atom. The van der Waals surface area contributed by atoms with E-state index in [-0.39, 0.29) is 30.5 Å². The number of likely N-dealkylation sites (tertiary alicyclic amines) is 2. The van der Waals surface area contributed by atoms with Gasteiger partial charge in [-0.3, -0.25) is 4.79 Å². The molecule has 2 saturated heterocycles. The van der Waals surface area contributed by atoms with E-state index in [1.807, 2.05) is 11.0 Å². The average molecular weight is 408 g/mol. The number of benzene rings is 1. The van der Waals surface area contributed by atoms with E-state index >= 15 is 0 Å². The molecule has 0 saturated carbocycles. The summed E-state index contributed by atoms with van der Waals surface area (Å²) in [7, 11) is 0. The van der Waals surface area contributed by atoms with E-state index in [0.717, 1.165) is 25.2 Å². The molecular formula is C18H25Cl3N2O2. The second kappa shape index (κ2) is 9.43. The highest BCUT2D eigenvalue weighted by atomic mass is 35.5. The molecule has 2 heterocycles. The lowest BCUT2D eigenvalue weighted by Gasteiger charge is -2.40. The molecule has 3 rings (SSSR count). The number of amides is 1. The smallest absolute Gasteiger partial charge is 0.227 e. The fourth-order valence-corrected chi connectivity index (χ4v) is 4.04. The second-order valence-electron chi connectivity index (χ2n) is 6.85. The quantitative estimate of drug-likeness (QED) is 0.832. The number of aliphatic hydroxyl groups is 1. The lowest BCUT2D eigenvalue weighted by Crippen LogP contribution is -2.52. The molecule has 1 aromatic carbocycles. The maximum atomic E-state index is 12.8. The van der Waals surface area contributed by atoms with Crippen LogP contribution in [0.2, 0.25) is 10.0 Å². The first-order chi connectivity index (χ1) is 11.5. The highest BCUT2D eigenvalue weighted by Crippen LogP contribution is 2.25. The SMILES string of the molecule is Cl.O=C(Cc1ccc(Cl)c(Cl)c1)N1CCC(O)CC1CN1CCCC1. The summed E-state index contributed by atoms with van der Waals surface area (Å²) in [6.07, 6.45) is 3.81. The van der Waals surface area contributed by atoms with Crippen molar-refractivity contribution >= 4 is 41.5 Å². The van der Waals surface area contributed by atoms with Gasteiger partial charge in [-0.05, 0) is 56.5 Å². The Labute approximate surface area is 165 Å². The van der Waals surface area contributed by atoms with Crippen molar-refractivity contribution in [2.75, 3.05) is 26.2 Å². The Kier molecular flexibility index (Phi) is 7.84. The van der Waals surface area contributed by atoms with Gasteiger partial charge in [0.05, 0.1) is 22.6 Å². The van der Waals surface area contributed by atoms with Gasteiger partial charge in [0.2, 0.25) is 5.91 Å². The van der Waals surface area contributed by atoms with E-state index in [1.54, 1.807) is 12.1 Å². The number of carbonyl (C=O) groups is 1. The van der Waals surface area contributed by atoms with Crippen LogP contribution in [-0.2, 0) is 11.2 Å². The number of aliphatic hydroxyl groups excluding tert-OH is 1. The molecule has 0 radical (unpaired) electrons. The number of hydrogen-bond acceptors (Lipinski definition) is 3. The molecule has 2 fully saturated rings. The standard InChI is InChI=1S/C18H24Cl2N2O2.ClH/c19-16-4-3-13(9-17(16)20)10-18(24)22-8-5-15(23)11-14(22)12-21-6-1-2-7-21;/h3-4,9,14-15,23H,1-2,5-8,10-12H2;1H. The van der Waals surface area contributed by atoms with Gasteiger partial charge in [-0.15, -0.1) is 12.4 Å². The Hall–Kier alpha value is -0.520. The summed E-state index contributed by atoms with van der Waals surface area (Å²) in [6, 6.07) is 5.44. The molecule has 2 aliphatic heterocycles. The first-order valence-corrected chi connectivity index (χ1v) is 9.42. The molecule has 25 heavy (non-hydrogen) atoms. The summed E-state index contributed by atoms with van der Waals surface area (Å²) in [5.41, 5.74) is 0.875. The Morgan fingerprint density at radius 3 is 2.56 bits per heavy atom. The van der Waals surface area contributed by atoms with Gasteiger partial charge in [-0.1, -0.05) is 29.3 Å². The predicted molar refractivity (Wildman–Crippen MR) is 104 cm³/mol. The van der Waals surface area contributed by atoms with E-state index in [0.29, 0.717) is 35.9 Å². The maximum absolute atomic E-state index is 12.8. The summed E-state index contributed by atoms with van der Waals surface area (Å²) in [5, 5.41) is 11.0. The molecule has 2 unspecified atom stereocenters. The van der Waals surface area contributed by atoms with Gasteiger partial charge in [-0.2, -0.15) is 0 Å². The second-order valence-corrected chi connectivity index (χ2v) is 7.67. The molecule has 0 bridgehead atoms. The van der Waals surface area contributed by atoms with Crippen molar-refractivity contribution in [3.8, 4) is 0 Å². The van der Waals surface area contributed by atoms with Gasteiger partial charge in [0.1, 0.15) is 0 Å². The summed E-state index contributed by atoms with van der Waals surface area (Å²) >= 11 is 12.0. The lowest BCUT2D eigenvalue weighted by molar-refractivity contribution is -0.136. The van der Waals surface area contributed by atoms with Crippen molar-refractivity contribution in [3.05, 3.63) is 33.8 Å². The lowest BCUT2D eigenvalue weighted by atomic mass is 9.97. The summed E-state index contributed by atoms with van der Waals surface area (Å²) in [6.45, 7) is 3.69. The zero-order chi connectivity index (χ0) is 17.1. The molecule has 7 heteroatoms. The van der Waals surface area contributed by atoms with Crippen LogP contribution in [0.15, 0.2) is 18.2 Å². The average Bonchev–Trinajstić information content (AvgIpc) is 3.04. The molecule has 2 aliphatic rings. The van der Waals surface area contributed by atoms with Gasteiger partial charge in [-0.25, -0.2) is 0 Å². The molecule has 0 aliphatic carbocycles.